The summed E-state index contributed by atoms with van der Waals surface area (Å²) in [5.41, 5.74) is 0.268. The number of carbonyl (C=O) groups excluding carboxylic acids is 1. The summed E-state index contributed by atoms with van der Waals surface area (Å²) in [6.45, 7) is 2.22. The maximum Gasteiger partial charge on any atom is 0.315 e. The monoisotopic (exact) mass is 252 g/mol. The number of nitrogens with one attached hydrogen (secondary N) is 2. The second kappa shape index (κ2) is 4.97. The van der Waals surface area contributed by atoms with E-state index in [1.54, 1.807) is 10.9 Å². The summed E-state index contributed by atoms with van der Waals surface area (Å²) in [5.74, 6) is 0. The first-order chi connectivity index (χ1) is 8.48. The van der Waals surface area contributed by atoms with Crippen molar-refractivity contribution < 1.29 is 9.90 Å². The standard InChI is InChI=1S/C12H20N4O2/c1-9(10-6-14-16(2)7-10)15-11(17)13-8-12(18)4-3-5-12/h6-7,9,18H,3-5,8H2,1-2H3,(H2,13,15,17). The molecule has 1 saturated carbocycles. The first-order valence-electron chi connectivity index (χ1n) is 6.24. The van der Waals surface area contributed by atoms with Crippen LogP contribution in [0.4, 0.5) is 4.79 Å². The Morgan fingerprint density at radius 2 is 2.39 bits per heavy atom. The van der Waals surface area contributed by atoms with Crippen LogP contribution in [-0.2, 0) is 7.05 Å². The van der Waals surface area contributed by atoms with Crippen molar-refractivity contribution in [1.82, 2.24) is 20.4 Å². The highest BCUT2D eigenvalue weighted by Gasteiger charge is 2.34. The van der Waals surface area contributed by atoms with Crippen LogP contribution in [0.25, 0.3) is 0 Å². The van der Waals surface area contributed by atoms with Crippen molar-refractivity contribution in [3.63, 3.8) is 0 Å². The molecule has 3 N–H and O–H groups in total. The number of aryl methyl sites for hydroxylation is 1. The number of carbonyl (C=O) groups is 1. The summed E-state index contributed by atoms with van der Waals surface area (Å²) in [5, 5.41) is 19.4. The molecule has 100 valence electrons. The molecule has 2 rings (SSSR count). The molecule has 2 amide bonds. The zero-order chi connectivity index (χ0) is 13.2. The highest BCUT2D eigenvalue weighted by Crippen LogP contribution is 2.30. The van der Waals surface area contributed by atoms with Gasteiger partial charge >= 0.3 is 6.03 Å². The third kappa shape index (κ3) is 3.01. The van der Waals surface area contributed by atoms with Crippen LogP contribution < -0.4 is 10.6 Å². The van der Waals surface area contributed by atoms with Gasteiger partial charge in [-0.2, -0.15) is 5.10 Å². The molecule has 0 saturated heterocycles. The Labute approximate surface area is 106 Å². The fourth-order valence-electron chi connectivity index (χ4n) is 2.00. The largest absolute Gasteiger partial charge is 0.388 e. The third-order valence-electron chi connectivity index (χ3n) is 3.43. The van der Waals surface area contributed by atoms with Gasteiger partial charge in [-0.05, 0) is 26.2 Å². The number of aliphatic hydroxyl groups is 1. The van der Waals surface area contributed by atoms with Gasteiger partial charge in [0.15, 0.2) is 0 Å². The van der Waals surface area contributed by atoms with Crippen LogP contribution in [0.3, 0.4) is 0 Å². The minimum absolute atomic E-state index is 0.102. The van der Waals surface area contributed by atoms with Gasteiger partial charge in [0, 0.05) is 25.4 Å². The molecule has 0 radical (unpaired) electrons. The van der Waals surface area contributed by atoms with Crippen LogP contribution in [0.5, 0.6) is 0 Å². The van der Waals surface area contributed by atoms with Gasteiger partial charge in [0.05, 0.1) is 17.8 Å². The summed E-state index contributed by atoms with van der Waals surface area (Å²) in [4.78, 5) is 11.7. The molecule has 6 nitrogen and oxygen atoms in total. The predicted octanol–water partition coefficient (Wildman–Crippen LogP) is 0.695. The van der Waals surface area contributed by atoms with E-state index >= 15 is 0 Å². The van der Waals surface area contributed by atoms with E-state index in [4.69, 9.17) is 0 Å². The number of aromatic nitrogens is 2. The first kappa shape index (κ1) is 12.9. The molecule has 1 atom stereocenters. The molecule has 0 aromatic carbocycles. The zero-order valence-electron chi connectivity index (χ0n) is 10.8. The van der Waals surface area contributed by atoms with Crippen molar-refractivity contribution in [3.8, 4) is 0 Å². The topological polar surface area (TPSA) is 79.2 Å². The van der Waals surface area contributed by atoms with Crippen molar-refractivity contribution in [2.75, 3.05) is 6.54 Å². The molecule has 1 heterocycles. The Morgan fingerprint density at radius 3 is 2.89 bits per heavy atom. The fraction of sp³-hybridized carbons (Fsp3) is 0.667. The smallest absolute Gasteiger partial charge is 0.315 e. The Hall–Kier alpha value is -1.56. The molecule has 1 aromatic rings. The summed E-state index contributed by atoms with van der Waals surface area (Å²) in [6.07, 6.45) is 6.16. The second-order valence-corrected chi connectivity index (χ2v) is 5.07. The Morgan fingerprint density at radius 1 is 1.67 bits per heavy atom. The van der Waals surface area contributed by atoms with Crippen LogP contribution in [0.2, 0.25) is 0 Å². The van der Waals surface area contributed by atoms with E-state index in [9.17, 15) is 9.90 Å². The lowest BCUT2D eigenvalue weighted by Gasteiger charge is -2.36. The van der Waals surface area contributed by atoms with Crippen molar-refractivity contribution in [1.29, 1.82) is 0 Å². The lowest BCUT2D eigenvalue weighted by atomic mass is 9.80. The van der Waals surface area contributed by atoms with Gasteiger partial charge in [0.1, 0.15) is 0 Å². The molecule has 0 spiro atoms. The van der Waals surface area contributed by atoms with Gasteiger partial charge in [-0.15, -0.1) is 0 Å². The highest BCUT2D eigenvalue weighted by atomic mass is 16.3. The molecule has 0 bridgehead atoms. The molecule has 0 aliphatic heterocycles. The van der Waals surface area contributed by atoms with Crippen LogP contribution in [0, 0.1) is 0 Å². The normalized spacial score (nSPS) is 18.8. The van der Waals surface area contributed by atoms with Crippen LogP contribution in [0.15, 0.2) is 12.4 Å². The van der Waals surface area contributed by atoms with E-state index in [-0.39, 0.29) is 12.1 Å². The first-order valence-corrected chi connectivity index (χ1v) is 6.24. The van der Waals surface area contributed by atoms with Gasteiger partial charge in [-0.25, -0.2) is 4.79 Å². The third-order valence-corrected chi connectivity index (χ3v) is 3.43. The average molecular weight is 252 g/mol. The summed E-state index contributed by atoms with van der Waals surface area (Å²) < 4.78 is 1.70. The molecule has 1 fully saturated rings. The summed E-state index contributed by atoms with van der Waals surface area (Å²) >= 11 is 0. The molecule has 1 aromatic heterocycles. The van der Waals surface area contributed by atoms with E-state index in [2.05, 4.69) is 15.7 Å². The molecule has 1 unspecified atom stereocenters. The van der Waals surface area contributed by atoms with Gasteiger partial charge in [0.2, 0.25) is 0 Å². The van der Waals surface area contributed by atoms with E-state index < -0.39 is 5.60 Å². The number of nitrogens with zero attached hydrogens (tertiary/aromatic N) is 2. The van der Waals surface area contributed by atoms with Crippen molar-refractivity contribution >= 4 is 6.03 Å². The van der Waals surface area contributed by atoms with Gasteiger partial charge in [-0.1, -0.05) is 0 Å². The molecule has 1 aliphatic rings. The number of hydrogen-bond donors (Lipinski definition) is 3. The molecule has 6 heteroatoms. The quantitative estimate of drug-likeness (QED) is 0.738. The highest BCUT2D eigenvalue weighted by molar-refractivity contribution is 5.74. The fourth-order valence-corrected chi connectivity index (χ4v) is 2.00. The van der Waals surface area contributed by atoms with Crippen molar-refractivity contribution in [3.05, 3.63) is 18.0 Å². The molecular formula is C12H20N4O2. The maximum atomic E-state index is 11.7. The van der Waals surface area contributed by atoms with Crippen LogP contribution in [-0.4, -0.2) is 33.1 Å². The van der Waals surface area contributed by atoms with Crippen LogP contribution >= 0.6 is 0 Å². The number of hydrogen-bond acceptors (Lipinski definition) is 3. The molecule has 1 aliphatic carbocycles. The Balaban J connectivity index is 1.76. The van der Waals surface area contributed by atoms with E-state index in [1.165, 1.54) is 0 Å². The minimum Gasteiger partial charge on any atom is -0.388 e. The second-order valence-electron chi connectivity index (χ2n) is 5.07. The number of amides is 2. The lowest BCUT2D eigenvalue weighted by molar-refractivity contribution is -0.0290. The molecular weight excluding hydrogens is 232 g/mol. The zero-order valence-corrected chi connectivity index (χ0v) is 10.8. The van der Waals surface area contributed by atoms with E-state index in [1.807, 2.05) is 20.2 Å². The average Bonchev–Trinajstić information content (AvgIpc) is 2.70. The molecule has 18 heavy (non-hydrogen) atoms. The summed E-state index contributed by atoms with van der Waals surface area (Å²) in [7, 11) is 1.84. The lowest BCUT2D eigenvalue weighted by Crippen LogP contribution is -2.50. The van der Waals surface area contributed by atoms with E-state index in [0.29, 0.717) is 6.54 Å². The predicted molar refractivity (Wildman–Crippen MR) is 67.0 cm³/mol. The minimum atomic E-state index is -0.686. The summed E-state index contributed by atoms with van der Waals surface area (Å²) in [6, 6.07) is -0.360. The number of urea groups is 1. The number of rotatable bonds is 4. The Kier molecular flexibility index (Phi) is 3.56. The van der Waals surface area contributed by atoms with Gasteiger partial charge < -0.3 is 15.7 Å². The van der Waals surface area contributed by atoms with E-state index in [0.717, 1.165) is 24.8 Å². The van der Waals surface area contributed by atoms with Gasteiger partial charge in [-0.3, -0.25) is 4.68 Å². The van der Waals surface area contributed by atoms with Crippen molar-refractivity contribution in [2.24, 2.45) is 7.05 Å². The SMILES string of the molecule is CC(NC(=O)NCC1(O)CCC1)c1cnn(C)c1. The van der Waals surface area contributed by atoms with Crippen LogP contribution in [0.1, 0.15) is 37.8 Å². The maximum absolute atomic E-state index is 11.7. The van der Waals surface area contributed by atoms with Gasteiger partial charge in [0.25, 0.3) is 0 Å². The van der Waals surface area contributed by atoms with Crippen molar-refractivity contribution in [2.45, 2.75) is 37.8 Å². The Bertz CT molecular complexity index is 425.